The number of benzene rings is 1. The fourth-order valence-electron chi connectivity index (χ4n) is 1.49. The molecule has 0 saturated carbocycles. The second-order valence-electron chi connectivity index (χ2n) is 6.92. The van der Waals surface area contributed by atoms with E-state index >= 15 is 0 Å². The summed E-state index contributed by atoms with van der Waals surface area (Å²) < 4.78 is 5.81. The quantitative estimate of drug-likeness (QED) is 0.779. The van der Waals surface area contributed by atoms with Gasteiger partial charge in [-0.05, 0) is 28.5 Å². The van der Waals surface area contributed by atoms with Gasteiger partial charge in [0, 0.05) is 0 Å². The van der Waals surface area contributed by atoms with Gasteiger partial charge in [0.1, 0.15) is 11.8 Å². The molecule has 0 aliphatic rings. The lowest BCUT2D eigenvalue weighted by molar-refractivity contribution is 0.197. The minimum atomic E-state index is 0.0633. The van der Waals surface area contributed by atoms with Crippen LogP contribution in [0, 0.1) is 16.7 Å². The van der Waals surface area contributed by atoms with Crippen molar-refractivity contribution in [3.63, 3.8) is 0 Å². The van der Waals surface area contributed by atoms with Crippen molar-refractivity contribution in [1.82, 2.24) is 0 Å². The van der Waals surface area contributed by atoms with Gasteiger partial charge in [0.05, 0.1) is 12.2 Å². The summed E-state index contributed by atoms with van der Waals surface area (Å²) in [6.07, 6.45) is 0. The molecule has 0 fully saturated rings. The first-order valence-electron chi connectivity index (χ1n) is 6.31. The highest BCUT2D eigenvalue weighted by Gasteiger charge is 2.17. The van der Waals surface area contributed by atoms with Crippen molar-refractivity contribution >= 4 is 0 Å². The molecule has 2 nitrogen and oxygen atoms in total. The normalized spacial score (nSPS) is 12.1. The van der Waals surface area contributed by atoms with Gasteiger partial charge in [0.15, 0.2) is 0 Å². The summed E-state index contributed by atoms with van der Waals surface area (Å²) in [6, 6.07) is 8.02. The van der Waals surface area contributed by atoms with E-state index in [-0.39, 0.29) is 10.8 Å². The van der Waals surface area contributed by atoms with E-state index in [9.17, 15) is 0 Å². The lowest BCUT2D eigenvalue weighted by atomic mass is 9.86. The second-order valence-corrected chi connectivity index (χ2v) is 6.92. The van der Waals surface area contributed by atoms with Crippen LogP contribution in [0.3, 0.4) is 0 Å². The molecule has 0 radical (unpaired) electrons. The zero-order valence-electron chi connectivity index (χ0n) is 12.3. The van der Waals surface area contributed by atoms with Gasteiger partial charge in [-0.1, -0.05) is 47.6 Å². The highest BCUT2D eigenvalue weighted by atomic mass is 16.5. The molecule has 0 spiro atoms. The Morgan fingerprint density at radius 2 is 1.72 bits per heavy atom. The van der Waals surface area contributed by atoms with Crippen molar-refractivity contribution in [3.05, 3.63) is 29.3 Å². The third-order valence-corrected chi connectivity index (χ3v) is 2.63. The minimum Gasteiger partial charge on any atom is -0.492 e. The number of hydrogen-bond donors (Lipinski definition) is 0. The summed E-state index contributed by atoms with van der Waals surface area (Å²) in [4.78, 5) is 0. The lowest BCUT2D eigenvalue weighted by Crippen LogP contribution is -2.18. The molecule has 0 saturated heterocycles. The Morgan fingerprint density at radius 3 is 2.17 bits per heavy atom. The van der Waals surface area contributed by atoms with Crippen LogP contribution >= 0.6 is 0 Å². The Hall–Kier alpha value is -1.49. The molecule has 0 atom stereocenters. The van der Waals surface area contributed by atoms with Crippen molar-refractivity contribution < 1.29 is 4.74 Å². The smallest absolute Gasteiger partial charge is 0.137 e. The third kappa shape index (κ3) is 4.07. The van der Waals surface area contributed by atoms with Crippen LogP contribution in [-0.4, -0.2) is 6.61 Å². The van der Waals surface area contributed by atoms with Crippen molar-refractivity contribution in [1.29, 1.82) is 5.26 Å². The topological polar surface area (TPSA) is 33.0 Å². The number of nitrogens with zero attached hydrogens (tertiary/aromatic N) is 1. The van der Waals surface area contributed by atoms with Gasteiger partial charge in [-0.15, -0.1) is 0 Å². The molecule has 0 heterocycles. The van der Waals surface area contributed by atoms with Gasteiger partial charge in [0.2, 0.25) is 0 Å². The van der Waals surface area contributed by atoms with E-state index in [2.05, 4.69) is 47.6 Å². The van der Waals surface area contributed by atoms with Crippen LogP contribution in [0.4, 0.5) is 0 Å². The first kappa shape index (κ1) is 14.6. The van der Waals surface area contributed by atoms with Crippen LogP contribution in [0.15, 0.2) is 18.2 Å². The van der Waals surface area contributed by atoms with Crippen molar-refractivity contribution in [2.75, 3.05) is 6.61 Å². The number of ether oxygens (including phenoxy) is 1. The molecule has 18 heavy (non-hydrogen) atoms. The molecule has 2 heteroatoms. The third-order valence-electron chi connectivity index (χ3n) is 2.63. The first-order chi connectivity index (χ1) is 8.13. The van der Waals surface area contributed by atoms with Gasteiger partial charge >= 0.3 is 0 Å². The largest absolute Gasteiger partial charge is 0.492 e. The fraction of sp³-hybridized carbons (Fsp3) is 0.562. The average Bonchev–Trinajstić information content (AvgIpc) is 2.23. The molecular formula is C16H23NO. The number of rotatable bonds is 2. The zero-order valence-corrected chi connectivity index (χ0v) is 12.3. The molecule has 1 aromatic rings. The maximum Gasteiger partial charge on any atom is 0.137 e. The first-order valence-corrected chi connectivity index (χ1v) is 6.31. The summed E-state index contributed by atoms with van der Waals surface area (Å²) in [7, 11) is 0. The molecule has 1 rings (SSSR count). The number of nitriles is 1. The molecule has 98 valence electrons. The number of hydrogen-bond acceptors (Lipinski definition) is 2. The predicted octanol–water partition coefficient (Wildman–Crippen LogP) is 4.28. The van der Waals surface area contributed by atoms with Crippen LogP contribution < -0.4 is 4.74 Å². The Bertz CT molecular complexity index is 455. The van der Waals surface area contributed by atoms with Crippen molar-refractivity contribution in [2.24, 2.45) is 5.41 Å². The van der Waals surface area contributed by atoms with Gasteiger partial charge in [-0.3, -0.25) is 0 Å². The molecule has 0 aliphatic carbocycles. The Kier molecular flexibility index (Phi) is 4.06. The van der Waals surface area contributed by atoms with E-state index in [1.807, 2.05) is 18.2 Å². The Balaban J connectivity index is 3.05. The van der Waals surface area contributed by atoms with E-state index < -0.39 is 0 Å². The molecule has 0 unspecified atom stereocenters. The van der Waals surface area contributed by atoms with E-state index in [0.29, 0.717) is 17.9 Å². The highest BCUT2D eigenvalue weighted by Crippen LogP contribution is 2.29. The van der Waals surface area contributed by atoms with Crippen molar-refractivity contribution in [3.8, 4) is 11.8 Å². The maximum atomic E-state index is 9.11. The van der Waals surface area contributed by atoms with Gasteiger partial charge < -0.3 is 4.74 Å². The monoisotopic (exact) mass is 245 g/mol. The highest BCUT2D eigenvalue weighted by molar-refractivity contribution is 5.46. The van der Waals surface area contributed by atoms with E-state index in [1.54, 1.807) is 0 Å². The average molecular weight is 245 g/mol. The molecule has 1 aromatic carbocycles. The molecular weight excluding hydrogens is 222 g/mol. The van der Waals surface area contributed by atoms with E-state index in [0.717, 1.165) is 0 Å². The summed E-state index contributed by atoms with van der Waals surface area (Å²) in [5.41, 5.74) is 1.94. The van der Waals surface area contributed by atoms with Gasteiger partial charge in [-0.2, -0.15) is 5.26 Å². The van der Waals surface area contributed by atoms with Crippen LogP contribution in [-0.2, 0) is 5.41 Å². The molecule has 0 bridgehead atoms. The zero-order chi connectivity index (χ0) is 14.0. The molecule has 0 aromatic heterocycles. The van der Waals surface area contributed by atoms with Crippen molar-refractivity contribution in [2.45, 2.75) is 47.0 Å². The summed E-state index contributed by atoms with van der Waals surface area (Å²) in [5.74, 6) is 0.694. The molecule has 0 amide bonds. The van der Waals surface area contributed by atoms with Gasteiger partial charge in [-0.25, -0.2) is 0 Å². The van der Waals surface area contributed by atoms with Crippen LogP contribution in [0.25, 0.3) is 0 Å². The van der Waals surface area contributed by atoms with Crippen LogP contribution in [0.2, 0.25) is 0 Å². The molecule has 0 aliphatic heterocycles. The van der Waals surface area contributed by atoms with E-state index in [1.165, 1.54) is 5.56 Å². The summed E-state index contributed by atoms with van der Waals surface area (Å²) in [5, 5.41) is 9.11. The Morgan fingerprint density at radius 1 is 1.11 bits per heavy atom. The summed E-state index contributed by atoms with van der Waals surface area (Å²) in [6.45, 7) is 13.4. The fourth-order valence-corrected chi connectivity index (χ4v) is 1.49. The predicted molar refractivity (Wildman–Crippen MR) is 74.8 cm³/mol. The Labute approximate surface area is 111 Å². The lowest BCUT2D eigenvalue weighted by Gasteiger charge is -2.23. The van der Waals surface area contributed by atoms with Gasteiger partial charge in [0.25, 0.3) is 0 Å². The second kappa shape index (κ2) is 5.02. The van der Waals surface area contributed by atoms with Crippen LogP contribution in [0.5, 0.6) is 5.75 Å². The SMILES string of the molecule is CC(C)(C)COc1cc(C(C)(C)C)ccc1C#N. The molecule has 0 N–H and O–H groups in total. The van der Waals surface area contributed by atoms with E-state index in [4.69, 9.17) is 10.00 Å². The summed E-state index contributed by atoms with van der Waals surface area (Å²) >= 11 is 0. The standard InChI is InChI=1S/C16H23NO/c1-15(2,3)11-18-14-9-13(16(4,5)6)8-7-12(14)10-17/h7-9H,11H2,1-6H3. The maximum absolute atomic E-state index is 9.11. The van der Waals surface area contributed by atoms with Crippen LogP contribution in [0.1, 0.15) is 52.7 Å². The minimum absolute atomic E-state index is 0.0633.